The standard InChI is InChI=1S/C16H16Cl2N2/c17-14-5-6-15(18)13(9-14)11-20-8-7-19-10-12-3-1-2-4-16(12)20/h1-6,9,19H,7-8,10-11H2. The van der Waals surface area contributed by atoms with E-state index >= 15 is 0 Å². The van der Waals surface area contributed by atoms with E-state index in [-0.39, 0.29) is 0 Å². The van der Waals surface area contributed by atoms with Crippen LogP contribution in [0.2, 0.25) is 10.0 Å². The molecule has 1 heterocycles. The van der Waals surface area contributed by atoms with Crippen molar-refractivity contribution in [2.45, 2.75) is 13.1 Å². The van der Waals surface area contributed by atoms with Crippen molar-refractivity contribution in [1.82, 2.24) is 5.32 Å². The summed E-state index contributed by atoms with van der Waals surface area (Å²) in [7, 11) is 0. The first-order valence-corrected chi connectivity index (χ1v) is 7.47. The summed E-state index contributed by atoms with van der Waals surface area (Å²) in [5, 5.41) is 4.94. The lowest BCUT2D eigenvalue weighted by Gasteiger charge is -2.25. The minimum absolute atomic E-state index is 0.727. The molecule has 0 radical (unpaired) electrons. The molecule has 0 unspecified atom stereocenters. The Kier molecular flexibility index (Phi) is 4.16. The van der Waals surface area contributed by atoms with Crippen molar-refractivity contribution in [1.29, 1.82) is 0 Å². The second-order valence-electron chi connectivity index (χ2n) is 4.96. The molecular weight excluding hydrogens is 291 g/mol. The predicted octanol–water partition coefficient (Wildman–Crippen LogP) is 4.10. The van der Waals surface area contributed by atoms with Gasteiger partial charge in [0.15, 0.2) is 0 Å². The second kappa shape index (κ2) is 6.04. The number of benzene rings is 2. The number of rotatable bonds is 2. The Morgan fingerprint density at radius 1 is 1.10 bits per heavy atom. The molecule has 1 aliphatic rings. The van der Waals surface area contributed by atoms with Crippen molar-refractivity contribution in [2.24, 2.45) is 0 Å². The largest absolute Gasteiger partial charge is 0.366 e. The zero-order chi connectivity index (χ0) is 13.9. The molecule has 1 N–H and O–H groups in total. The number of halogens is 2. The Hall–Kier alpha value is -1.22. The van der Waals surface area contributed by atoms with Gasteiger partial charge in [0, 0.05) is 41.9 Å². The first-order chi connectivity index (χ1) is 9.74. The van der Waals surface area contributed by atoms with Gasteiger partial charge >= 0.3 is 0 Å². The maximum atomic E-state index is 6.28. The van der Waals surface area contributed by atoms with Crippen LogP contribution in [-0.4, -0.2) is 13.1 Å². The van der Waals surface area contributed by atoms with Crippen LogP contribution in [0.3, 0.4) is 0 Å². The Bertz CT molecular complexity index is 613. The number of fused-ring (bicyclic) bond motifs is 1. The van der Waals surface area contributed by atoms with Crippen LogP contribution in [0.5, 0.6) is 0 Å². The van der Waals surface area contributed by atoms with Gasteiger partial charge in [0.2, 0.25) is 0 Å². The van der Waals surface area contributed by atoms with Gasteiger partial charge < -0.3 is 10.2 Å². The number of para-hydroxylation sites is 1. The maximum Gasteiger partial charge on any atom is 0.0456 e. The van der Waals surface area contributed by atoms with Gasteiger partial charge in [0.1, 0.15) is 0 Å². The van der Waals surface area contributed by atoms with Crippen molar-refractivity contribution >= 4 is 28.9 Å². The monoisotopic (exact) mass is 306 g/mol. The van der Waals surface area contributed by atoms with E-state index in [2.05, 4.69) is 34.5 Å². The molecule has 2 nitrogen and oxygen atoms in total. The zero-order valence-electron chi connectivity index (χ0n) is 11.1. The van der Waals surface area contributed by atoms with E-state index in [1.807, 2.05) is 18.2 Å². The van der Waals surface area contributed by atoms with Crippen LogP contribution in [0.4, 0.5) is 5.69 Å². The molecule has 3 rings (SSSR count). The molecule has 0 saturated heterocycles. The average Bonchev–Trinajstić information content (AvgIpc) is 2.66. The molecule has 2 aromatic carbocycles. The van der Waals surface area contributed by atoms with Crippen LogP contribution in [0.25, 0.3) is 0 Å². The lowest BCUT2D eigenvalue weighted by atomic mass is 10.1. The van der Waals surface area contributed by atoms with Crippen molar-refractivity contribution < 1.29 is 0 Å². The minimum atomic E-state index is 0.727. The molecule has 0 saturated carbocycles. The summed E-state index contributed by atoms with van der Waals surface area (Å²) in [6.07, 6.45) is 0. The third kappa shape index (κ3) is 2.93. The van der Waals surface area contributed by atoms with E-state index in [0.717, 1.165) is 41.8 Å². The highest BCUT2D eigenvalue weighted by molar-refractivity contribution is 6.33. The predicted molar refractivity (Wildman–Crippen MR) is 85.7 cm³/mol. The number of nitrogens with zero attached hydrogens (tertiary/aromatic N) is 1. The fraction of sp³-hybridized carbons (Fsp3) is 0.250. The third-order valence-corrected chi connectivity index (χ3v) is 4.18. The van der Waals surface area contributed by atoms with Gasteiger partial charge in [-0.3, -0.25) is 0 Å². The van der Waals surface area contributed by atoms with Gasteiger partial charge in [-0.2, -0.15) is 0 Å². The van der Waals surface area contributed by atoms with Gasteiger partial charge in [-0.25, -0.2) is 0 Å². The summed E-state index contributed by atoms with van der Waals surface area (Å²) in [4.78, 5) is 2.35. The summed E-state index contributed by atoms with van der Waals surface area (Å²) in [5.41, 5.74) is 3.66. The van der Waals surface area contributed by atoms with Gasteiger partial charge in [-0.05, 0) is 35.4 Å². The van der Waals surface area contributed by atoms with E-state index in [1.54, 1.807) is 0 Å². The van der Waals surface area contributed by atoms with E-state index in [1.165, 1.54) is 11.3 Å². The molecule has 1 aliphatic heterocycles. The van der Waals surface area contributed by atoms with Crippen LogP contribution in [0.15, 0.2) is 42.5 Å². The molecular formula is C16H16Cl2N2. The Balaban J connectivity index is 1.92. The van der Waals surface area contributed by atoms with Crippen LogP contribution in [0, 0.1) is 0 Å². The first-order valence-electron chi connectivity index (χ1n) is 6.71. The molecule has 0 fully saturated rings. The first kappa shape index (κ1) is 13.7. The zero-order valence-corrected chi connectivity index (χ0v) is 12.6. The topological polar surface area (TPSA) is 15.3 Å². The van der Waals surface area contributed by atoms with Crippen LogP contribution in [-0.2, 0) is 13.1 Å². The minimum Gasteiger partial charge on any atom is -0.366 e. The lowest BCUT2D eigenvalue weighted by molar-refractivity contribution is 0.688. The Morgan fingerprint density at radius 3 is 2.85 bits per heavy atom. The smallest absolute Gasteiger partial charge is 0.0456 e. The molecule has 4 heteroatoms. The molecule has 0 atom stereocenters. The van der Waals surface area contributed by atoms with E-state index in [0.29, 0.717) is 0 Å². The highest BCUT2D eigenvalue weighted by Gasteiger charge is 2.15. The van der Waals surface area contributed by atoms with Gasteiger partial charge in [-0.15, -0.1) is 0 Å². The normalized spacial score (nSPS) is 14.8. The van der Waals surface area contributed by atoms with Gasteiger partial charge in [-0.1, -0.05) is 41.4 Å². The Labute approximate surface area is 129 Å². The third-order valence-electron chi connectivity index (χ3n) is 3.58. The van der Waals surface area contributed by atoms with E-state index < -0.39 is 0 Å². The quantitative estimate of drug-likeness (QED) is 0.898. The van der Waals surface area contributed by atoms with E-state index in [9.17, 15) is 0 Å². The number of hydrogen-bond acceptors (Lipinski definition) is 2. The fourth-order valence-corrected chi connectivity index (χ4v) is 2.93. The highest BCUT2D eigenvalue weighted by Crippen LogP contribution is 2.27. The van der Waals surface area contributed by atoms with Crippen LogP contribution in [0.1, 0.15) is 11.1 Å². The molecule has 2 aromatic rings. The molecule has 0 bridgehead atoms. The molecule has 0 amide bonds. The summed E-state index contributed by atoms with van der Waals surface area (Å²) in [5.74, 6) is 0. The van der Waals surface area contributed by atoms with Crippen LogP contribution < -0.4 is 10.2 Å². The maximum absolute atomic E-state index is 6.28. The number of anilines is 1. The molecule has 0 aromatic heterocycles. The van der Waals surface area contributed by atoms with Crippen molar-refractivity contribution in [3.05, 3.63) is 63.6 Å². The summed E-state index contributed by atoms with van der Waals surface area (Å²) < 4.78 is 0. The van der Waals surface area contributed by atoms with Crippen molar-refractivity contribution in [3.63, 3.8) is 0 Å². The van der Waals surface area contributed by atoms with Gasteiger partial charge in [0.05, 0.1) is 0 Å². The van der Waals surface area contributed by atoms with Crippen molar-refractivity contribution in [2.75, 3.05) is 18.0 Å². The molecule has 104 valence electrons. The second-order valence-corrected chi connectivity index (χ2v) is 5.81. The molecule has 20 heavy (non-hydrogen) atoms. The summed E-state index contributed by atoms with van der Waals surface area (Å²) >= 11 is 12.4. The summed E-state index contributed by atoms with van der Waals surface area (Å²) in [6, 6.07) is 14.1. The lowest BCUT2D eigenvalue weighted by Crippen LogP contribution is -2.28. The van der Waals surface area contributed by atoms with Crippen molar-refractivity contribution in [3.8, 4) is 0 Å². The molecule has 0 spiro atoms. The van der Waals surface area contributed by atoms with Crippen LogP contribution >= 0.6 is 23.2 Å². The van der Waals surface area contributed by atoms with Gasteiger partial charge in [0.25, 0.3) is 0 Å². The number of nitrogens with one attached hydrogen (secondary N) is 1. The molecule has 0 aliphatic carbocycles. The van der Waals surface area contributed by atoms with E-state index in [4.69, 9.17) is 23.2 Å². The summed E-state index contributed by atoms with van der Waals surface area (Å²) in [6.45, 7) is 3.61. The highest BCUT2D eigenvalue weighted by atomic mass is 35.5. The fourth-order valence-electron chi connectivity index (χ4n) is 2.56. The SMILES string of the molecule is Clc1ccc(Cl)c(CN2CCNCc3ccccc32)c1. The average molecular weight is 307 g/mol. The Morgan fingerprint density at radius 2 is 1.95 bits per heavy atom. The number of hydrogen-bond donors (Lipinski definition) is 1.